The lowest BCUT2D eigenvalue weighted by atomic mass is 9.96. The molecule has 0 bridgehead atoms. The summed E-state index contributed by atoms with van der Waals surface area (Å²) in [5, 5.41) is 16.9. The van der Waals surface area contributed by atoms with Gasteiger partial charge in [0.05, 0.1) is 34.9 Å². The minimum Gasteiger partial charge on any atom is -0.490 e. The Morgan fingerprint density at radius 3 is 2.68 bits per heavy atom. The second-order valence-corrected chi connectivity index (χ2v) is 12.3. The quantitative estimate of drug-likeness (QED) is 0.339. The average molecular weight is 575 g/mol. The van der Waals surface area contributed by atoms with Gasteiger partial charge in [0.2, 0.25) is 10.0 Å². The number of pyridine rings is 1. The molecule has 1 aliphatic heterocycles. The van der Waals surface area contributed by atoms with E-state index in [1.54, 1.807) is 37.4 Å². The van der Waals surface area contributed by atoms with Crippen molar-refractivity contribution in [1.82, 2.24) is 19.5 Å². The van der Waals surface area contributed by atoms with Gasteiger partial charge in [0.25, 0.3) is 5.56 Å². The molecule has 0 unspecified atom stereocenters. The SMILES string of the molecule is CN(c1cc(C#N)ccn1)C1CN(S(=O)(=O)c2cc(Cc3n[nH]c(=O)c4ccc(OC5CCC5)cc34)ccc2F)C1. The number of nitriles is 1. The van der Waals surface area contributed by atoms with Crippen molar-refractivity contribution in [2.24, 2.45) is 0 Å². The van der Waals surface area contributed by atoms with Crippen molar-refractivity contribution >= 4 is 26.6 Å². The molecule has 6 rings (SSSR count). The molecule has 1 N–H and O–H groups in total. The Morgan fingerprint density at radius 1 is 1.15 bits per heavy atom. The zero-order valence-electron chi connectivity index (χ0n) is 22.2. The summed E-state index contributed by atoms with van der Waals surface area (Å²) in [5.41, 5.74) is 1.17. The van der Waals surface area contributed by atoms with Crippen LogP contribution in [0.25, 0.3) is 10.8 Å². The first-order valence-electron chi connectivity index (χ1n) is 13.3. The molecule has 12 heteroatoms. The molecular formula is C29H27FN6O4S. The van der Waals surface area contributed by atoms with Gasteiger partial charge in [-0.05, 0) is 67.3 Å². The number of hydrogen-bond acceptors (Lipinski definition) is 8. The Bertz CT molecular complexity index is 1840. The molecule has 2 fully saturated rings. The summed E-state index contributed by atoms with van der Waals surface area (Å²) in [6, 6.07) is 14.3. The second kappa shape index (κ2) is 10.6. The van der Waals surface area contributed by atoms with Crippen LogP contribution in [0.15, 0.2) is 64.4 Å². The molecule has 3 heterocycles. The molecule has 0 amide bonds. The molecule has 1 saturated carbocycles. The average Bonchev–Trinajstić information content (AvgIpc) is 2.92. The molecule has 210 valence electrons. The fraction of sp³-hybridized carbons (Fsp3) is 0.310. The minimum absolute atomic E-state index is 0.150. The Kier molecular flexibility index (Phi) is 6.93. The molecule has 41 heavy (non-hydrogen) atoms. The van der Waals surface area contributed by atoms with Gasteiger partial charge < -0.3 is 9.64 Å². The Morgan fingerprint density at radius 2 is 1.95 bits per heavy atom. The van der Waals surface area contributed by atoms with Crippen LogP contribution in [0.2, 0.25) is 0 Å². The molecule has 0 radical (unpaired) electrons. The maximum atomic E-state index is 14.9. The third-order valence-corrected chi connectivity index (χ3v) is 9.64. The van der Waals surface area contributed by atoms with Crippen LogP contribution in [-0.4, -0.2) is 60.2 Å². The monoisotopic (exact) mass is 574 g/mol. The summed E-state index contributed by atoms with van der Waals surface area (Å²) in [5.74, 6) is 0.357. The van der Waals surface area contributed by atoms with Gasteiger partial charge in [0, 0.05) is 38.1 Å². The zero-order valence-corrected chi connectivity index (χ0v) is 23.1. The molecular weight excluding hydrogens is 547 g/mol. The van der Waals surface area contributed by atoms with E-state index in [0.717, 1.165) is 25.3 Å². The van der Waals surface area contributed by atoms with Gasteiger partial charge in [0.1, 0.15) is 22.3 Å². The number of hydrogen-bond donors (Lipinski definition) is 1. The van der Waals surface area contributed by atoms with Crippen LogP contribution in [0, 0.1) is 17.1 Å². The summed E-state index contributed by atoms with van der Waals surface area (Å²) < 4.78 is 49.0. The number of rotatable bonds is 8. The van der Waals surface area contributed by atoms with Gasteiger partial charge in [-0.2, -0.15) is 14.7 Å². The highest BCUT2D eigenvalue weighted by molar-refractivity contribution is 7.89. The Hall–Kier alpha value is -4.34. The number of sulfonamides is 1. The van der Waals surface area contributed by atoms with Crippen molar-refractivity contribution in [3.8, 4) is 11.8 Å². The summed E-state index contributed by atoms with van der Waals surface area (Å²) in [7, 11) is -2.33. The van der Waals surface area contributed by atoms with Crippen LogP contribution < -0.4 is 15.2 Å². The van der Waals surface area contributed by atoms with Crippen molar-refractivity contribution in [2.75, 3.05) is 25.0 Å². The lowest BCUT2D eigenvalue weighted by Crippen LogP contribution is -2.60. The highest BCUT2D eigenvalue weighted by atomic mass is 32.2. The number of nitrogens with one attached hydrogen (secondary N) is 1. The highest BCUT2D eigenvalue weighted by Gasteiger charge is 2.40. The third-order valence-electron chi connectivity index (χ3n) is 7.79. The van der Waals surface area contributed by atoms with Crippen LogP contribution >= 0.6 is 0 Å². The zero-order chi connectivity index (χ0) is 28.7. The van der Waals surface area contributed by atoms with Crippen LogP contribution in [0.5, 0.6) is 5.75 Å². The molecule has 1 saturated heterocycles. The van der Waals surface area contributed by atoms with E-state index in [-0.39, 0.29) is 37.2 Å². The number of H-pyrrole nitrogens is 1. The maximum absolute atomic E-state index is 14.9. The first-order chi connectivity index (χ1) is 19.7. The number of likely N-dealkylation sites (N-methyl/N-ethyl adjacent to an activating group) is 1. The number of aromatic amines is 1. The van der Waals surface area contributed by atoms with E-state index in [1.165, 1.54) is 22.6 Å². The minimum atomic E-state index is -4.11. The van der Waals surface area contributed by atoms with Crippen LogP contribution in [0.1, 0.15) is 36.1 Å². The van der Waals surface area contributed by atoms with Gasteiger partial charge in [-0.1, -0.05) is 6.07 Å². The fourth-order valence-electron chi connectivity index (χ4n) is 5.00. The molecule has 4 aromatic rings. The molecule has 2 aliphatic rings. The van der Waals surface area contributed by atoms with Crippen LogP contribution in [-0.2, 0) is 16.4 Å². The van der Waals surface area contributed by atoms with E-state index >= 15 is 0 Å². The topological polar surface area (TPSA) is 132 Å². The van der Waals surface area contributed by atoms with Crippen molar-refractivity contribution in [3.63, 3.8) is 0 Å². The highest BCUT2D eigenvalue weighted by Crippen LogP contribution is 2.30. The predicted octanol–water partition coefficient (Wildman–Crippen LogP) is 3.36. The maximum Gasteiger partial charge on any atom is 0.272 e. The van der Waals surface area contributed by atoms with Gasteiger partial charge in [0.15, 0.2) is 0 Å². The van der Waals surface area contributed by atoms with E-state index in [2.05, 4.69) is 21.3 Å². The number of nitrogens with zero attached hydrogens (tertiary/aromatic N) is 5. The lowest BCUT2D eigenvalue weighted by molar-refractivity contribution is 0.120. The first-order valence-corrected chi connectivity index (χ1v) is 14.7. The summed E-state index contributed by atoms with van der Waals surface area (Å²) in [6.45, 7) is 0.299. The van der Waals surface area contributed by atoms with Crippen molar-refractivity contribution in [1.29, 1.82) is 5.26 Å². The predicted molar refractivity (Wildman–Crippen MR) is 150 cm³/mol. The Balaban J connectivity index is 1.22. The van der Waals surface area contributed by atoms with Crippen molar-refractivity contribution in [2.45, 2.75) is 42.7 Å². The normalized spacial score (nSPS) is 16.1. The first kappa shape index (κ1) is 26.9. The third kappa shape index (κ3) is 5.14. The smallest absolute Gasteiger partial charge is 0.272 e. The van der Waals surface area contributed by atoms with E-state index in [4.69, 9.17) is 10.00 Å². The largest absolute Gasteiger partial charge is 0.490 e. The van der Waals surface area contributed by atoms with Crippen molar-refractivity contribution in [3.05, 3.63) is 87.7 Å². The van der Waals surface area contributed by atoms with Gasteiger partial charge in [-0.25, -0.2) is 22.9 Å². The number of halogens is 1. The van der Waals surface area contributed by atoms with Crippen molar-refractivity contribution < 1.29 is 17.5 Å². The molecule has 1 aliphatic carbocycles. The number of anilines is 1. The second-order valence-electron chi connectivity index (χ2n) is 10.4. The number of aromatic nitrogens is 3. The Labute approximate surface area is 236 Å². The number of ether oxygens (including phenoxy) is 1. The standard InChI is InChI=1S/C29H27FN6O4S/c1-35(28-13-19(15-31)9-10-32-28)20-16-36(17-20)41(38,39)27-12-18(5-8-25(27)30)11-26-24-14-22(40-21-3-2-4-21)6-7-23(24)29(37)34-33-26/h5-10,12-14,20-21H,2-4,11,16-17H2,1H3,(H,34,37). The number of fused-ring (bicyclic) bond motifs is 1. The molecule has 2 aromatic carbocycles. The van der Waals surface area contributed by atoms with Crippen LogP contribution in [0.4, 0.5) is 10.2 Å². The summed E-state index contributed by atoms with van der Waals surface area (Å²) >= 11 is 0. The van der Waals surface area contributed by atoms with Crippen LogP contribution in [0.3, 0.4) is 0 Å². The van der Waals surface area contributed by atoms with Gasteiger partial charge >= 0.3 is 0 Å². The summed E-state index contributed by atoms with van der Waals surface area (Å²) in [6.07, 6.45) is 4.98. The molecule has 0 spiro atoms. The summed E-state index contributed by atoms with van der Waals surface area (Å²) in [4.78, 5) is 18.1. The molecule has 2 aromatic heterocycles. The van der Waals surface area contributed by atoms with E-state index in [9.17, 15) is 17.6 Å². The fourth-order valence-corrected chi connectivity index (χ4v) is 6.63. The van der Waals surface area contributed by atoms with Gasteiger partial charge in [-0.15, -0.1) is 0 Å². The van der Waals surface area contributed by atoms with E-state index < -0.39 is 20.7 Å². The number of benzene rings is 2. The lowest BCUT2D eigenvalue weighted by Gasteiger charge is -2.43. The van der Waals surface area contributed by atoms with E-state index in [0.29, 0.717) is 39.2 Å². The molecule has 0 atom stereocenters. The van der Waals surface area contributed by atoms with E-state index in [1.807, 2.05) is 4.90 Å². The molecule has 10 nitrogen and oxygen atoms in total. The van der Waals surface area contributed by atoms with Gasteiger partial charge in [-0.3, -0.25) is 4.79 Å².